The SMILES string of the molecule is C1=CN2C=CC=NC2N=C1.CC. The van der Waals surface area contributed by atoms with E-state index in [2.05, 4.69) is 9.98 Å². The van der Waals surface area contributed by atoms with Gasteiger partial charge in [0.05, 0.1) is 0 Å². The fourth-order valence-electron chi connectivity index (χ4n) is 0.925. The molecule has 0 bridgehead atoms. The second-order valence-electron chi connectivity index (χ2n) is 2.07. The second-order valence-corrected chi connectivity index (χ2v) is 2.07. The van der Waals surface area contributed by atoms with Gasteiger partial charge in [-0.05, 0) is 12.2 Å². The summed E-state index contributed by atoms with van der Waals surface area (Å²) in [5, 5.41) is 0. The third-order valence-electron chi connectivity index (χ3n) is 1.39. The minimum Gasteiger partial charge on any atom is -0.314 e. The molecule has 0 saturated heterocycles. The minimum absolute atomic E-state index is 0.0463. The Morgan fingerprint density at radius 2 is 1.50 bits per heavy atom. The lowest BCUT2D eigenvalue weighted by Crippen LogP contribution is -2.26. The summed E-state index contributed by atoms with van der Waals surface area (Å²) in [6.07, 6.45) is 11.2. The van der Waals surface area contributed by atoms with Crippen molar-refractivity contribution in [2.75, 3.05) is 0 Å². The van der Waals surface area contributed by atoms with E-state index in [0.717, 1.165) is 0 Å². The van der Waals surface area contributed by atoms with E-state index < -0.39 is 0 Å². The molecular formula is C9H13N3. The van der Waals surface area contributed by atoms with E-state index in [0.29, 0.717) is 0 Å². The Balaban J connectivity index is 0.000000336. The number of rotatable bonds is 0. The van der Waals surface area contributed by atoms with Crippen molar-refractivity contribution in [2.24, 2.45) is 9.98 Å². The molecule has 0 fully saturated rings. The standard InChI is InChI=1S/C7H7N3.C2H6/c1-3-8-7-9-4-2-6-10(7)5-1;1-2/h1-7H;1-2H3. The molecule has 2 rings (SSSR count). The van der Waals surface area contributed by atoms with Gasteiger partial charge in [0.15, 0.2) is 0 Å². The largest absolute Gasteiger partial charge is 0.314 e. The van der Waals surface area contributed by atoms with Gasteiger partial charge in [0.2, 0.25) is 6.29 Å². The summed E-state index contributed by atoms with van der Waals surface area (Å²) in [6, 6.07) is 0. The Hall–Kier alpha value is -1.38. The summed E-state index contributed by atoms with van der Waals surface area (Å²) in [5.41, 5.74) is 0. The third kappa shape index (κ3) is 1.81. The van der Waals surface area contributed by atoms with Gasteiger partial charge in [0.25, 0.3) is 0 Å². The highest BCUT2D eigenvalue weighted by Crippen LogP contribution is 2.10. The van der Waals surface area contributed by atoms with Crippen LogP contribution in [-0.4, -0.2) is 23.6 Å². The molecule has 0 aromatic heterocycles. The van der Waals surface area contributed by atoms with Gasteiger partial charge in [0, 0.05) is 24.8 Å². The lowest BCUT2D eigenvalue weighted by Gasteiger charge is -2.24. The third-order valence-corrected chi connectivity index (χ3v) is 1.39. The maximum absolute atomic E-state index is 4.12. The normalized spacial score (nSPS) is 18.7. The van der Waals surface area contributed by atoms with Crippen LogP contribution in [0.2, 0.25) is 0 Å². The molecule has 0 N–H and O–H groups in total. The molecule has 12 heavy (non-hydrogen) atoms. The van der Waals surface area contributed by atoms with Crippen molar-refractivity contribution in [3.05, 3.63) is 24.6 Å². The molecule has 0 aromatic carbocycles. The quantitative estimate of drug-likeness (QED) is 0.535. The van der Waals surface area contributed by atoms with Gasteiger partial charge < -0.3 is 4.90 Å². The maximum Gasteiger partial charge on any atom is 0.219 e. The molecule has 0 amide bonds. The molecule has 0 spiro atoms. The summed E-state index contributed by atoms with van der Waals surface area (Å²) in [4.78, 5) is 10.2. The average molecular weight is 163 g/mol. The molecular weight excluding hydrogens is 150 g/mol. The zero-order valence-electron chi connectivity index (χ0n) is 7.38. The lowest BCUT2D eigenvalue weighted by atomic mass is 10.4. The first-order valence-electron chi connectivity index (χ1n) is 4.14. The van der Waals surface area contributed by atoms with Crippen LogP contribution in [-0.2, 0) is 0 Å². The monoisotopic (exact) mass is 163 g/mol. The Labute approximate surface area is 72.8 Å². The fraction of sp³-hybridized carbons (Fsp3) is 0.333. The van der Waals surface area contributed by atoms with Crippen molar-refractivity contribution in [2.45, 2.75) is 20.1 Å². The van der Waals surface area contributed by atoms with Gasteiger partial charge in [-0.15, -0.1) is 0 Å². The summed E-state index contributed by atoms with van der Waals surface area (Å²) in [7, 11) is 0. The Bertz CT molecular complexity index is 188. The van der Waals surface area contributed by atoms with Gasteiger partial charge in [0.1, 0.15) is 0 Å². The van der Waals surface area contributed by atoms with Crippen molar-refractivity contribution < 1.29 is 0 Å². The van der Waals surface area contributed by atoms with Crippen LogP contribution in [0.15, 0.2) is 34.5 Å². The van der Waals surface area contributed by atoms with Crippen molar-refractivity contribution in [3.63, 3.8) is 0 Å². The highest BCUT2D eigenvalue weighted by atomic mass is 15.3. The molecule has 2 heterocycles. The fourth-order valence-corrected chi connectivity index (χ4v) is 0.925. The van der Waals surface area contributed by atoms with Crippen LogP contribution >= 0.6 is 0 Å². The van der Waals surface area contributed by atoms with Gasteiger partial charge in [-0.25, -0.2) is 9.98 Å². The summed E-state index contributed by atoms with van der Waals surface area (Å²) in [5.74, 6) is 0. The zero-order chi connectivity index (χ0) is 8.81. The smallest absolute Gasteiger partial charge is 0.219 e. The number of allylic oxidation sites excluding steroid dienone is 2. The van der Waals surface area contributed by atoms with Gasteiger partial charge >= 0.3 is 0 Å². The van der Waals surface area contributed by atoms with Crippen LogP contribution in [0.5, 0.6) is 0 Å². The zero-order valence-corrected chi connectivity index (χ0v) is 7.38. The van der Waals surface area contributed by atoms with Crippen molar-refractivity contribution in [1.82, 2.24) is 4.90 Å². The lowest BCUT2D eigenvalue weighted by molar-refractivity contribution is 0.383. The number of hydrogen-bond donors (Lipinski definition) is 0. The van der Waals surface area contributed by atoms with Crippen LogP contribution in [0.4, 0.5) is 0 Å². The molecule has 0 aliphatic carbocycles. The molecule has 0 aromatic rings. The van der Waals surface area contributed by atoms with Crippen molar-refractivity contribution >= 4 is 12.4 Å². The molecule has 3 heteroatoms. The van der Waals surface area contributed by atoms with Crippen LogP contribution in [0, 0.1) is 0 Å². The Morgan fingerprint density at radius 1 is 1.00 bits per heavy atom. The molecule has 0 unspecified atom stereocenters. The predicted molar refractivity (Wildman–Crippen MR) is 52.2 cm³/mol. The first-order chi connectivity index (χ1) is 5.97. The maximum atomic E-state index is 4.12. The first kappa shape index (κ1) is 8.71. The average Bonchev–Trinajstić information content (AvgIpc) is 2.21. The molecule has 0 atom stereocenters. The summed E-state index contributed by atoms with van der Waals surface area (Å²) < 4.78 is 0. The van der Waals surface area contributed by atoms with Crippen LogP contribution in [0.25, 0.3) is 0 Å². The number of hydrogen-bond acceptors (Lipinski definition) is 3. The van der Waals surface area contributed by atoms with E-state index in [-0.39, 0.29) is 6.29 Å². The van der Waals surface area contributed by atoms with E-state index in [9.17, 15) is 0 Å². The topological polar surface area (TPSA) is 28.0 Å². The number of fused-ring (bicyclic) bond motifs is 1. The van der Waals surface area contributed by atoms with Crippen molar-refractivity contribution in [3.8, 4) is 0 Å². The first-order valence-corrected chi connectivity index (χ1v) is 4.14. The molecule has 0 saturated carbocycles. The number of aliphatic imine (C=N–C) groups is 2. The van der Waals surface area contributed by atoms with Crippen LogP contribution in [0.3, 0.4) is 0 Å². The van der Waals surface area contributed by atoms with E-state index in [4.69, 9.17) is 0 Å². The molecule has 64 valence electrons. The second kappa shape index (κ2) is 4.49. The minimum atomic E-state index is -0.0463. The highest BCUT2D eigenvalue weighted by molar-refractivity contribution is 5.75. The Morgan fingerprint density at radius 3 is 1.92 bits per heavy atom. The predicted octanol–water partition coefficient (Wildman–Crippen LogP) is 1.79. The van der Waals surface area contributed by atoms with Crippen LogP contribution in [0.1, 0.15) is 13.8 Å². The molecule has 2 aliphatic heterocycles. The van der Waals surface area contributed by atoms with E-state index >= 15 is 0 Å². The van der Waals surface area contributed by atoms with Crippen molar-refractivity contribution in [1.29, 1.82) is 0 Å². The molecule has 0 radical (unpaired) electrons. The van der Waals surface area contributed by atoms with Gasteiger partial charge in [-0.3, -0.25) is 0 Å². The highest BCUT2D eigenvalue weighted by Gasteiger charge is 2.11. The van der Waals surface area contributed by atoms with E-state index in [1.165, 1.54) is 0 Å². The number of nitrogens with zero attached hydrogens (tertiary/aromatic N) is 3. The van der Waals surface area contributed by atoms with Crippen LogP contribution < -0.4 is 0 Å². The van der Waals surface area contributed by atoms with Gasteiger partial charge in [-0.1, -0.05) is 13.8 Å². The molecule has 2 aliphatic rings. The van der Waals surface area contributed by atoms with E-state index in [1.54, 1.807) is 12.4 Å². The summed E-state index contributed by atoms with van der Waals surface area (Å²) in [6.45, 7) is 4.00. The van der Waals surface area contributed by atoms with E-state index in [1.807, 2.05) is 43.3 Å². The molecule has 3 nitrogen and oxygen atoms in total. The summed E-state index contributed by atoms with van der Waals surface area (Å²) >= 11 is 0. The Kier molecular flexibility index (Phi) is 3.26. The van der Waals surface area contributed by atoms with Gasteiger partial charge in [-0.2, -0.15) is 0 Å².